The smallest absolute Gasteiger partial charge is 0.256 e. The van der Waals surface area contributed by atoms with Crippen molar-refractivity contribution in [3.8, 4) is 22.5 Å². The fourth-order valence-electron chi connectivity index (χ4n) is 4.64. The Morgan fingerprint density at radius 2 is 1.70 bits per heavy atom. The summed E-state index contributed by atoms with van der Waals surface area (Å²) in [6, 6.07) is 18.8. The summed E-state index contributed by atoms with van der Waals surface area (Å²) in [7, 11) is -3.39. The molecule has 0 aliphatic rings. The van der Waals surface area contributed by atoms with Crippen molar-refractivity contribution in [3.05, 3.63) is 94.1 Å². The lowest BCUT2D eigenvalue weighted by Gasteiger charge is -2.09. The maximum absolute atomic E-state index is 14.7. The van der Waals surface area contributed by atoms with Crippen LogP contribution in [-0.4, -0.2) is 29.6 Å². The summed E-state index contributed by atoms with van der Waals surface area (Å²) in [6.45, 7) is 0. The van der Waals surface area contributed by atoms with Crippen LogP contribution in [0.3, 0.4) is 0 Å². The monoisotopic (exact) mass is 532 g/mol. The predicted molar refractivity (Wildman–Crippen MR) is 146 cm³/mol. The van der Waals surface area contributed by atoms with Gasteiger partial charge < -0.3 is 9.97 Å². The summed E-state index contributed by atoms with van der Waals surface area (Å²) in [5.41, 5.74) is 3.19. The number of fused-ring (bicyclic) bond motifs is 6. The Morgan fingerprint density at radius 1 is 0.946 bits per heavy atom. The zero-order valence-corrected chi connectivity index (χ0v) is 20.8. The van der Waals surface area contributed by atoms with E-state index in [1.54, 1.807) is 42.6 Å². The molecule has 7 nitrogen and oxygen atoms in total. The van der Waals surface area contributed by atoms with Gasteiger partial charge in [0.15, 0.2) is 0 Å². The van der Waals surface area contributed by atoms with Gasteiger partial charge in [0, 0.05) is 22.7 Å². The van der Waals surface area contributed by atoms with Gasteiger partial charge in [0.1, 0.15) is 11.6 Å². The Bertz CT molecular complexity index is 2010. The van der Waals surface area contributed by atoms with E-state index in [9.17, 15) is 17.6 Å². The second kappa shape index (κ2) is 8.43. The van der Waals surface area contributed by atoms with Gasteiger partial charge in [0.25, 0.3) is 5.56 Å². The maximum atomic E-state index is 14.7. The van der Waals surface area contributed by atoms with E-state index in [-0.39, 0.29) is 22.0 Å². The molecule has 2 aromatic heterocycles. The van der Waals surface area contributed by atoms with Crippen LogP contribution < -0.4 is 10.3 Å². The normalized spacial score (nSPS) is 12.0. The van der Waals surface area contributed by atoms with Crippen LogP contribution in [-0.2, 0) is 10.0 Å². The van der Waals surface area contributed by atoms with Crippen molar-refractivity contribution in [2.24, 2.45) is 0 Å². The molecule has 0 saturated heterocycles. The number of H-pyrrole nitrogens is 2. The SMILES string of the molecule is CS(=O)(=O)Nc1ccc(-c2ccc3c(c2)c2c(=O)[nH]ccc2c2nc(-c4c(F)cccc4Cl)[nH]c32)cc1. The zero-order chi connectivity index (χ0) is 25.9. The number of sulfonamides is 1. The molecule has 2 heterocycles. The minimum Gasteiger partial charge on any atom is -0.337 e. The standard InChI is InChI=1S/C27H18ClFN4O3S/c1-37(35,36)33-16-8-5-14(6-9-16)15-7-10-17-19(13-15)22-18(11-12-30-27(22)34)25-24(17)31-26(32-25)23-20(28)3-2-4-21(23)29/h2-13,33H,1H3,(H,30,34)(H,31,32). The van der Waals surface area contributed by atoms with E-state index in [1.165, 1.54) is 12.1 Å². The summed E-state index contributed by atoms with van der Waals surface area (Å²) in [5, 5.41) is 2.73. The Balaban J connectivity index is 1.60. The Kier molecular flexibility index (Phi) is 5.29. The number of imidazole rings is 1. The second-order valence-corrected chi connectivity index (χ2v) is 10.9. The van der Waals surface area contributed by atoms with Gasteiger partial charge in [-0.25, -0.2) is 17.8 Å². The number of nitrogens with one attached hydrogen (secondary N) is 3. The lowest BCUT2D eigenvalue weighted by Crippen LogP contribution is -2.09. The largest absolute Gasteiger partial charge is 0.337 e. The third kappa shape index (κ3) is 4.02. The molecular formula is C27H18ClFN4O3S. The van der Waals surface area contributed by atoms with Crippen LogP contribution in [0.1, 0.15) is 0 Å². The summed E-state index contributed by atoms with van der Waals surface area (Å²) >= 11 is 6.30. The number of rotatable bonds is 4. The number of hydrogen-bond donors (Lipinski definition) is 3. The average molecular weight is 533 g/mol. The number of pyridine rings is 1. The van der Waals surface area contributed by atoms with Gasteiger partial charge in [-0.3, -0.25) is 9.52 Å². The molecule has 0 saturated carbocycles. The van der Waals surface area contributed by atoms with Gasteiger partial charge in [-0.05, 0) is 52.9 Å². The van der Waals surface area contributed by atoms with Gasteiger partial charge in [-0.2, -0.15) is 0 Å². The third-order valence-electron chi connectivity index (χ3n) is 6.20. The van der Waals surface area contributed by atoms with Crippen molar-refractivity contribution < 1.29 is 12.8 Å². The number of halogens is 2. The fourth-order valence-corrected chi connectivity index (χ4v) is 5.46. The van der Waals surface area contributed by atoms with Crippen LogP contribution in [0.2, 0.25) is 5.02 Å². The van der Waals surface area contributed by atoms with E-state index in [0.717, 1.165) is 22.8 Å². The van der Waals surface area contributed by atoms with Gasteiger partial charge in [0.2, 0.25) is 10.0 Å². The minimum atomic E-state index is -3.39. The molecule has 3 N–H and O–H groups in total. The van der Waals surface area contributed by atoms with Gasteiger partial charge in [-0.1, -0.05) is 41.9 Å². The van der Waals surface area contributed by atoms with Gasteiger partial charge in [0.05, 0.1) is 33.3 Å². The molecule has 0 amide bonds. The van der Waals surface area contributed by atoms with E-state index < -0.39 is 15.8 Å². The maximum Gasteiger partial charge on any atom is 0.256 e. The average Bonchev–Trinajstić information content (AvgIpc) is 3.28. The number of benzene rings is 4. The molecule has 6 rings (SSSR count). The Labute approximate surface area is 215 Å². The first-order valence-corrected chi connectivity index (χ1v) is 13.5. The van der Waals surface area contributed by atoms with Crippen molar-refractivity contribution in [1.82, 2.24) is 15.0 Å². The highest BCUT2D eigenvalue weighted by molar-refractivity contribution is 7.92. The Hall–Kier alpha value is -4.21. The van der Waals surface area contributed by atoms with Crippen molar-refractivity contribution in [2.75, 3.05) is 11.0 Å². The number of hydrogen-bond acceptors (Lipinski definition) is 4. The molecule has 0 fully saturated rings. The van der Waals surface area contributed by atoms with Crippen molar-refractivity contribution in [3.63, 3.8) is 0 Å². The van der Waals surface area contributed by atoms with Crippen LogP contribution in [0.25, 0.3) is 55.1 Å². The molecule has 0 unspecified atom stereocenters. The van der Waals surface area contributed by atoms with Crippen molar-refractivity contribution in [2.45, 2.75) is 0 Å². The van der Waals surface area contributed by atoms with E-state index in [0.29, 0.717) is 32.9 Å². The van der Waals surface area contributed by atoms with Gasteiger partial charge in [-0.15, -0.1) is 0 Å². The molecule has 184 valence electrons. The summed E-state index contributed by atoms with van der Waals surface area (Å²) < 4.78 is 40.2. The first kappa shape index (κ1) is 23.2. The van der Waals surface area contributed by atoms with Crippen LogP contribution in [0.5, 0.6) is 0 Å². The molecule has 10 heteroatoms. The number of aromatic amines is 2. The molecule has 4 aromatic carbocycles. The number of nitrogens with zero attached hydrogens (tertiary/aromatic N) is 1. The quantitative estimate of drug-likeness (QED) is 0.240. The molecule has 6 aromatic rings. The summed E-state index contributed by atoms with van der Waals surface area (Å²) in [4.78, 5) is 23.6. The molecule has 0 bridgehead atoms. The molecule has 0 aliphatic carbocycles. The highest BCUT2D eigenvalue weighted by Crippen LogP contribution is 2.37. The predicted octanol–water partition coefficient (Wildman–Crippen LogP) is 6.06. The van der Waals surface area contributed by atoms with E-state index in [4.69, 9.17) is 11.6 Å². The third-order valence-corrected chi connectivity index (χ3v) is 7.12. The second-order valence-electron chi connectivity index (χ2n) is 8.71. The first-order valence-electron chi connectivity index (χ1n) is 11.2. The lowest BCUT2D eigenvalue weighted by atomic mass is 9.96. The lowest BCUT2D eigenvalue weighted by molar-refractivity contribution is 0.607. The first-order chi connectivity index (χ1) is 17.7. The van der Waals surface area contributed by atoms with Crippen molar-refractivity contribution >= 4 is 59.9 Å². The van der Waals surface area contributed by atoms with Crippen LogP contribution in [0, 0.1) is 5.82 Å². The van der Waals surface area contributed by atoms with Gasteiger partial charge >= 0.3 is 0 Å². The molecule has 0 aliphatic heterocycles. The summed E-state index contributed by atoms with van der Waals surface area (Å²) in [6.07, 6.45) is 2.65. The Morgan fingerprint density at radius 3 is 2.43 bits per heavy atom. The van der Waals surface area contributed by atoms with Crippen LogP contribution in [0.4, 0.5) is 10.1 Å². The van der Waals surface area contributed by atoms with Crippen LogP contribution >= 0.6 is 11.6 Å². The highest BCUT2D eigenvalue weighted by Gasteiger charge is 2.19. The molecule has 0 atom stereocenters. The topological polar surface area (TPSA) is 108 Å². The molecule has 37 heavy (non-hydrogen) atoms. The van der Waals surface area contributed by atoms with E-state index in [2.05, 4.69) is 19.7 Å². The molecular weight excluding hydrogens is 515 g/mol. The summed E-state index contributed by atoms with van der Waals surface area (Å²) in [5.74, 6) is -0.237. The van der Waals surface area contributed by atoms with Crippen LogP contribution in [0.15, 0.2) is 77.7 Å². The van der Waals surface area contributed by atoms with Crippen molar-refractivity contribution in [1.29, 1.82) is 0 Å². The fraction of sp³-hybridized carbons (Fsp3) is 0.0370. The van der Waals surface area contributed by atoms with E-state index in [1.807, 2.05) is 18.2 Å². The molecule has 0 spiro atoms. The number of aromatic nitrogens is 3. The van der Waals surface area contributed by atoms with E-state index >= 15 is 0 Å². The number of anilines is 1. The molecule has 0 radical (unpaired) electrons. The zero-order valence-electron chi connectivity index (χ0n) is 19.3. The highest BCUT2D eigenvalue weighted by atomic mass is 35.5. The minimum absolute atomic E-state index is 0.158.